The van der Waals surface area contributed by atoms with Gasteiger partial charge in [0.05, 0.1) is 19.8 Å². The third kappa shape index (κ3) is 5.13. The number of rotatable bonds is 4. The molecule has 2 atom stereocenters. The molecule has 2 amide bonds. The molecular formula is C14H26ClN3O3. The lowest BCUT2D eigenvalue weighted by molar-refractivity contribution is -0.142. The van der Waals surface area contributed by atoms with Crippen LogP contribution in [0, 0.1) is 5.92 Å². The molecule has 2 aliphatic rings. The zero-order valence-electron chi connectivity index (χ0n) is 12.6. The van der Waals surface area contributed by atoms with Crippen LogP contribution in [-0.4, -0.2) is 67.6 Å². The van der Waals surface area contributed by atoms with Gasteiger partial charge in [0.25, 0.3) is 0 Å². The minimum atomic E-state index is -0.000120. The van der Waals surface area contributed by atoms with Crippen LogP contribution in [0.15, 0.2) is 0 Å². The van der Waals surface area contributed by atoms with Gasteiger partial charge in [-0.05, 0) is 18.8 Å². The summed E-state index contributed by atoms with van der Waals surface area (Å²) in [5.41, 5.74) is 5.99. The molecule has 2 rings (SSSR count). The molecule has 2 N–H and O–H groups in total. The highest BCUT2D eigenvalue weighted by Gasteiger charge is 2.28. The van der Waals surface area contributed by atoms with Crippen LogP contribution in [0.4, 0.5) is 0 Å². The predicted molar refractivity (Wildman–Crippen MR) is 82.2 cm³/mol. The Labute approximate surface area is 132 Å². The van der Waals surface area contributed by atoms with Gasteiger partial charge >= 0.3 is 0 Å². The highest BCUT2D eigenvalue weighted by atomic mass is 35.5. The van der Waals surface area contributed by atoms with E-state index in [1.165, 1.54) is 4.90 Å². The first-order valence-electron chi connectivity index (χ1n) is 7.43. The van der Waals surface area contributed by atoms with E-state index in [4.69, 9.17) is 10.5 Å². The summed E-state index contributed by atoms with van der Waals surface area (Å²) in [7, 11) is 1.70. The Kier molecular flexibility index (Phi) is 7.42. The Hall–Kier alpha value is -0.850. The summed E-state index contributed by atoms with van der Waals surface area (Å²) in [5, 5.41) is 0. The second-order valence-corrected chi connectivity index (χ2v) is 5.80. The second-order valence-electron chi connectivity index (χ2n) is 5.80. The van der Waals surface area contributed by atoms with Gasteiger partial charge in [0.15, 0.2) is 0 Å². The van der Waals surface area contributed by atoms with Crippen molar-refractivity contribution in [1.29, 1.82) is 0 Å². The van der Waals surface area contributed by atoms with Crippen molar-refractivity contribution in [2.75, 3.05) is 39.9 Å². The number of halogens is 1. The zero-order chi connectivity index (χ0) is 14.5. The Morgan fingerprint density at radius 2 is 1.95 bits per heavy atom. The minimum Gasteiger partial charge on any atom is -0.378 e. The molecule has 21 heavy (non-hydrogen) atoms. The molecule has 1 aliphatic carbocycles. The standard InChI is InChI=1S/C14H25N3O3.ClH/c1-16(10-14(19)17-5-7-20-8-6-17)13(18)9-11-3-2-4-12(11)15;/h11-12H,2-10,15H2,1H3;1H/t11-,12+;/m0./s1. The Morgan fingerprint density at radius 3 is 2.52 bits per heavy atom. The molecule has 0 radical (unpaired) electrons. The normalized spacial score (nSPS) is 25.3. The lowest BCUT2D eigenvalue weighted by Gasteiger charge is -2.29. The molecule has 0 aromatic heterocycles. The summed E-state index contributed by atoms with van der Waals surface area (Å²) < 4.78 is 5.21. The fourth-order valence-electron chi connectivity index (χ4n) is 2.90. The summed E-state index contributed by atoms with van der Waals surface area (Å²) in [6.07, 6.45) is 3.61. The number of amides is 2. The van der Waals surface area contributed by atoms with Crippen molar-refractivity contribution in [1.82, 2.24) is 9.80 Å². The van der Waals surface area contributed by atoms with Crippen molar-refractivity contribution in [2.24, 2.45) is 11.7 Å². The first-order chi connectivity index (χ1) is 9.58. The van der Waals surface area contributed by atoms with Gasteiger partial charge in [-0.15, -0.1) is 12.4 Å². The largest absolute Gasteiger partial charge is 0.378 e. The summed E-state index contributed by atoms with van der Waals surface area (Å²) in [4.78, 5) is 27.5. The summed E-state index contributed by atoms with van der Waals surface area (Å²) in [6.45, 7) is 2.56. The van der Waals surface area contributed by atoms with E-state index in [-0.39, 0.29) is 42.7 Å². The molecule has 0 aromatic rings. The number of nitrogens with zero attached hydrogens (tertiary/aromatic N) is 2. The molecule has 0 unspecified atom stereocenters. The number of likely N-dealkylation sites (N-methyl/N-ethyl adjacent to an activating group) is 1. The van der Waals surface area contributed by atoms with Gasteiger partial charge in [0.1, 0.15) is 0 Å². The molecule has 1 aliphatic heterocycles. The van der Waals surface area contributed by atoms with Gasteiger partial charge in [-0.25, -0.2) is 0 Å². The van der Waals surface area contributed by atoms with E-state index in [0.717, 1.165) is 19.3 Å². The molecule has 1 saturated heterocycles. The van der Waals surface area contributed by atoms with Crippen LogP contribution in [0.25, 0.3) is 0 Å². The maximum atomic E-state index is 12.1. The first-order valence-corrected chi connectivity index (χ1v) is 7.43. The summed E-state index contributed by atoms with van der Waals surface area (Å²) in [6, 6.07) is 0.141. The van der Waals surface area contributed by atoms with Gasteiger partial charge in [-0.2, -0.15) is 0 Å². The van der Waals surface area contributed by atoms with Crippen molar-refractivity contribution in [2.45, 2.75) is 31.7 Å². The number of hydrogen-bond donors (Lipinski definition) is 1. The maximum absolute atomic E-state index is 12.1. The average molecular weight is 320 g/mol. The van der Waals surface area contributed by atoms with E-state index in [0.29, 0.717) is 32.7 Å². The number of carbonyl (C=O) groups excluding carboxylic acids is 2. The third-order valence-electron chi connectivity index (χ3n) is 4.32. The highest BCUT2D eigenvalue weighted by Crippen LogP contribution is 2.27. The fraction of sp³-hybridized carbons (Fsp3) is 0.857. The monoisotopic (exact) mass is 319 g/mol. The predicted octanol–water partition coefficient (Wildman–Crippen LogP) is 0.243. The quantitative estimate of drug-likeness (QED) is 0.805. The number of carbonyl (C=O) groups is 2. The van der Waals surface area contributed by atoms with E-state index >= 15 is 0 Å². The maximum Gasteiger partial charge on any atom is 0.242 e. The van der Waals surface area contributed by atoms with E-state index in [1.54, 1.807) is 11.9 Å². The number of hydrogen-bond acceptors (Lipinski definition) is 4. The van der Waals surface area contributed by atoms with Crippen LogP contribution in [0.1, 0.15) is 25.7 Å². The molecule has 7 heteroatoms. The van der Waals surface area contributed by atoms with Gasteiger partial charge in [0, 0.05) is 32.6 Å². The van der Waals surface area contributed by atoms with Crippen LogP contribution < -0.4 is 5.73 Å². The van der Waals surface area contributed by atoms with Crippen LogP contribution >= 0.6 is 12.4 Å². The topological polar surface area (TPSA) is 75.9 Å². The van der Waals surface area contributed by atoms with Crippen molar-refractivity contribution < 1.29 is 14.3 Å². The van der Waals surface area contributed by atoms with Gasteiger partial charge in [-0.1, -0.05) is 6.42 Å². The molecule has 2 fully saturated rings. The molecule has 1 saturated carbocycles. The molecule has 0 aromatic carbocycles. The van der Waals surface area contributed by atoms with E-state index < -0.39 is 0 Å². The van der Waals surface area contributed by atoms with Crippen LogP contribution in [0.3, 0.4) is 0 Å². The van der Waals surface area contributed by atoms with Crippen molar-refractivity contribution >= 4 is 24.2 Å². The van der Waals surface area contributed by atoms with Crippen molar-refractivity contribution in [3.05, 3.63) is 0 Å². The number of nitrogens with two attached hydrogens (primary N) is 1. The zero-order valence-corrected chi connectivity index (χ0v) is 13.4. The fourth-order valence-corrected chi connectivity index (χ4v) is 2.90. The van der Waals surface area contributed by atoms with Gasteiger partial charge < -0.3 is 20.3 Å². The molecule has 0 spiro atoms. The number of ether oxygens (including phenoxy) is 1. The molecule has 122 valence electrons. The SMILES string of the molecule is CN(CC(=O)N1CCOCC1)C(=O)C[C@@H]1CCC[C@H]1N.Cl. The average Bonchev–Trinajstić information content (AvgIpc) is 2.85. The van der Waals surface area contributed by atoms with Crippen LogP contribution in [-0.2, 0) is 14.3 Å². The third-order valence-corrected chi connectivity index (χ3v) is 4.32. The minimum absolute atomic E-state index is 0. The lowest BCUT2D eigenvalue weighted by atomic mass is 9.99. The van der Waals surface area contributed by atoms with Crippen molar-refractivity contribution in [3.8, 4) is 0 Å². The summed E-state index contributed by atoms with van der Waals surface area (Å²) in [5.74, 6) is 0.303. The summed E-state index contributed by atoms with van der Waals surface area (Å²) >= 11 is 0. The molecule has 0 bridgehead atoms. The van der Waals surface area contributed by atoms with E-state index in [9.17, 15) is 9.59 Å². The van der Waals surface area contributed by atoms with Crippen LogP contribution in [0.2, 0.25) is 0 Å². The van der Waals surface area contributed by atoms with E-state index in [2.05, 4.69) is 0 Å². The number of morpholine rings is 1. The Balaban J connectivity index is 0.00000220. The van der Waals surface area contributed by atoms with Gasteiger partial charge in [0.2, 0.25) is 11.8 Å². The molecule has 1 heterocycles. The van der Waals surface area contributed by atoms with E-state index in [1.807, 2.05) is 0 Å². The lowest BCUT2D eigenvalue weighted by Crippen LogP contribution is -2.46. The highest BCUT2D eigenvalue weighted by molar-refractivity contribution is 5.85. The smallest absolute Gasteiger partial charge is 0.242 e. The first kappa shape index (κ1) is 18.2. The molecular weight excluding hydrogens is 294 g/mol. The van der Waals surface area contributed by atoms with Gasteiger partial charge in [-0.3, -0.25) is 9.59 Å². The molecule has 6 nitrogen and oxygen atoms in total. The Bertz CT molecular complexity index is 361. The second kappa shape index (κ2) is 8.56. The van der Waals surface area contributed by atoms with Crippen molar-refractivity contribution in [3.63, 3.8) is 0 Å². The van der Waals surface area contributed by atoms with Crippen LogP contribution in [0.5, 0.6) is 0 Å². The Morgan fingerprint density at radius 1 is 1.29 bits per heavy atom.